The Labute approximate surface area is 110 Å². The molecule has 0 spiro atoms. The van der Waals surface area contributed by atoms with Gasteiger partial charge in [-0.05, 0) is 37.6 Å². The largest absolute Gasteiger partial charge is 0.377 e. The number of nitrogens with one attached hydrogen (secondary N) is 1. The van der Waals surface area contributed by atoms with Gasteiger partial charge in [0.2, 0.25) is 5.91 Å². The number of carbonyl (C=O) groups is 1. The molecule has 1 amide bonds. The van der Waals surface area contributed by atoms with Gasteiger partial charge in [-0.2, -0.15) is 0 Å². The van der Waals surface area contributed by atoms with E-state index in [0.717, 1.165) is 38.8 Å². The fourth-order valence-corrected chi connectivity index (χ4v) is 3.33. The van der Waals surface area contributed by atoms with E-state index in [-0.39, 0.29) is 23.3 Å². The fourth-order valence-electron chi connectivity index (χ4n) is 3.33. The predicted molar refractivity (Wildman–Crippen MR) is 71.1 cm³/mol. The van der Waals surface area contributed by atoms with Crippen molar-refractivity contribution in [2.45, 2.75) is 51.6 Å². The molecule has 1 heterocycles. The molecule has 2 atom stereocenters. The average Bonchev–Trinajstić information content (AvgIpc) is 3.05. The highest BCUT2D eigenvalue weighted by atomic mass is 16.5. The van der Waals surface area contributed by atoms with Gasteiger partial charge in [0.25, 0.3) is 0 Å². The van der Waals surface area contributed by atoms with Crippen molar-refractivity contribution < 1.29 is 9.53 Å². The number of rotatable bonds is 5. The first-order valence-electron chi connectivity index (χ1n) is 7.30. The highest BCUT2D eigenvalue weighted by Crippen LogP contribution is 2.36. The molecule has 1 saturated carbocycles. The number of hydrogen-bond acceptors (Lipinski definition) is 3. The van der Waals surface area contributed by atoms with E-state index in [1.54, 1.807) is 0 Å². The van der Waals surface area contributed by atoms with Crippen LogP contribution in [0.25, 0.3) is 0 Å². The molecule has 2 rings (SSSR count). The van der Waals surface area contributed by atoms with E-state index in [2.05, 4.69) is 12.2 Å². The summed E-state index contributed by atoms with van der Waals surface area (Å²) in [6.07, 6.45) is 6.70. The van der Waals surface area contributed by atoms with Gasteiger partial charge in [0.05, 0.1) is 12.0 Å². The summed E-state index contributed by atoms with van der Waals surface area (Å²) in [6, 6.07) is 0. The number of amides is 1. The first-order valence-corrected chi connectivity index (χ1v) is 7.30. The van der Waals surface area contributed by atoms with E-state index in [0.29, 0.717) is 6.54 Å². The van der Waals surface area contributed by atoms with Gasteiger partial charge in [0, 0.05) is 13.2 Å². The number of ether oxygens (including phenoxy) is 1. The highest BCUT2D eigenvalue weighted by Gasteiger charge is 2.36. The van der Waals surface area contributed by atoms with Crippen LogP contribution in [0, 0.1) is 11.3 Å². The summed E-state index contributed by atoms with van der Waals surface area (Å²) in [6.45, 7) is 4.23. The zero-order chi connectivity index (χ0) is 13.0. The number of hydrogen-bond donors (Lipinski definition) is 2. The van der Waals surface area contributed by atoms with Crippen LogP contribution in [0.3, 0.4) is 0 Å². The van der Waals surface area contributed by atoms with Crippen molar-refractivity contribution in [2.24, 2.45) is 17.1 Å². The first-order chi connectivity index (χ1) is 8.71. The molecule has 0 aromatic carbocycles. The Kier molecular flexibility index (Phi) is 4.62. The molecule has 1 aliphatic carbocycles. The van der Waals surface area contributed by atoms with E-state index < -0.39 is 0 Å². The van der Waals surface area contributed by atoms with Gasteiger partial charge >= 0.3 is 0 Å². The zero-order valence-corrected chi connectivity index (χ0v) is 11.4. The summed E-state index contributed by atoms with van der Waals surface area (Å²) in [5.41, 5.74) is 6.05. The lowest BCUT2D eigenvalue weighted by Gasteiger charge is -2.28. The van der Waals surface area contributed by atoms with Crippen molar-refractivity contribution in [3.05, 3.63) is 0 Å². The molecule has 104 valence electrons. The van der Waals surface area contributed by atoms with Crippen LogP contribution in [0.4, 0.5) is 0 Å². The Hall–Kier alpha value is -0.610. The van der Waals surface area contributed by atoms with Crippen molar-refractivity contribution in [2.75, 3.05) is 19.7 Å². The van der Waals surface area contributed by atoms with Gasteiger partial charge < -0.3 is 15.8 Å². The third-order valence-corrected chi connectivity index (χ3v) is 4.68. The van der Waals surface area contributed by atoms with E-state index in [9.17, 15) is 4.79 Å². The van der Waals surface area contributed by atoms with Crippen LogP contribution < -0.4 is 11.1 Å². The van der Waals surface area contributed by atoms with Crippen LogP contribution >= 0.6 is 0 Å². The predicted octanol–water partition coefficient (Wildman–Crippen LogP) is 1.44. The van der Waals surface area contributed by atoms with E-state index in [1.807, 2.05) is 0 Å². The summed E-state index contributed by atoms with van der Waals surface area (Å²) in [7, 11) is 0. The van der Waals surface area contributed by atoms with Gasteiger partial charge in [0.1, 0.15) is 0 Å². The van der Waals surface area contributed by atoms with Crippen molar-refractivity contribution in [3.8, 4) is 0 Å². The van der Waals surface area contributed by atoms with Crippen molar-refractivity contribution in [1.29, 1.82) is 0 Å². The Morgan fingerprint density at radius 2 is 2.17 bits per heavy atom. The minimum absolute atomic E-state index is 0.0474. The third-order valence-electron chi connectivity index (χ3n) is 4.68. The second-order valence-electron chi connectivity index (χ2n) is 5.84. The van der Waals surface area contributed by atoms with Gasteiger partial charge in [-0.1, -0.05) is 19.8 Å². The Bertz CT molecular complexity index is 288. The molecule has 4 nitrogen and oxygen atoms in total. The van der Waals surface area contributed by atoms with Gasteiger partial charge in [0.15, 0.2) is 0 Å². The molecular formula is C14H26N2O2. The Morgan fingerprint density at radius 1 is 1.44 bits per heavy atom. The molecule has 2 aliphatic rings. The highest BCUT2D eigenvalue weighted by molar-refractivity contribution is 5.79. The lowest BCUT2D eigenvalue weighted by atomic mass is 9.86. The molecule has 2 unspecified atom stereocenters. The van der Waals surface area contributed by atoms with Crippen LogP contribution in [0.5, 0.6) is 0 Å². The smallest absolute Gasteiger partial charge is 0.225 e. The van der Waals surface area contributed by atoms with Crippen molar-refractivity contribution in [3.63, 3.8) is 0 Å². The minimum Gasteiger partial charge on any atom is -0.377 e. The summed E-state index contributed by atoms with van der Waals surface area (Å²) in [4.78, 5) is 12.2. The first kappa shape index (κ1) is 13.8. The molecule has 3 N–H and O–H groups in total. The Morgan fingerprint density at radius 3 is 2.78 bits per heavy atom. The molecule has 18 heavy (non-hydrogen) atoms. The molecular weight excluding hydrogens is 228 g/mol. The normalized spacial score (nSPS) is 30.6. The second kappa shape index (κ2) is 6.02. The van der Waals surface area contributed by atoms with Crippen LogP contribution in [0.15, 0.2) is 0 Å². The van der Waals surface area contributed by atoms with Gasteiger partial charge in [-0.25, -0.2) is 0 Å². The summed E-state index contributed by atoms with van der Waals surface area (Å²) in [5.74, 6) is 0.213. The van der Waals surface area contributed by atoms with Gasteiger partial charge in [-0.3, -0.25) is 4.79 Å². The standard InChI is InChI=1S/C14H26N2O2/c1-2-12-11(5-8-18-12)13(17)16-10-14(9-15)6-3-4-7-14/h11-12H,2-10,15H2,1H3,(H,16,17). The molecule has 0 aromatic rings. The fraction of sp³-hybridized carbons (Fsp3) is 0.929. The Balaban J connectivity index is 1.84. The van der Waals surface area contributed by atoms with E-state index >= 15 is 0 Å². The van der Waals surface area contributed by atoms with Crippen LogP contribution in [0.2, 0.25) is 0 Å². The number of nitrogens with two attached hydrogens (primary N) is 1. The van der Waals surface area contributed by atoms with Crippen LogP contribution in [-0.4, -0.2) is 31.7 Å². The van der Waals surface area contributed by atoms with Crippen molar-refractivity contribution >= 4 is 5.91 Å². The lowest BCUT2D eigenvalue weighted by molar-refractivity contribution is -0.127. The molecule has 1 saturated heterocycles. The molecule has 0 bridgehead atoms. The van der Waals surface area contributed by atoms with E-state index in [4.69, 9.17) is 10.5 Å². The maximum atomic E-state index is 12.2. The van der Waals surface area contributed by atoms with E-state index in [1.165, 1.54) is 12.8 Å². The SMILES string of the molecule is CCC1OCCC1C(=O)NCC1(CN)CCCC1. The number of carbonyl (C=O) groups excluding carboxylic acids is 1. The van der Waals surface area contributed by atoms with Gasteiger partial charge in [-0.15, -0.1) is 0 Å². The molecule has 1 aliphatic heterocycles. The monoisotopic (exact) mass is 254 g/mol. The molecule has 0 radical (unpaired) electrons. The topological polar surface area (TPSA) is 64.3 Å². The quantitative estimate of drug-likeness (QED) is 0.780. The van der Waals surface area contributed by atoms with Crippen molar-refractivity contribution in [1.82, 2.24) is 5.32 Å². The summed E-state index contributed by atoms with van der Waals surface area (Å²) >= 11 is 0. The maximum absolute atomic E-state index is 12.2. The molecule has 0 aromatic heterocycles. The lowest BCUT2D eigenvalue weighted by Crippen LogP contribution is -2.44. The second-order valence-corrected chi connectivity index (χ2v) is 5.84. The molecule has 2 fully saturated rings. The zero-order valence-electron chi connectivity index (χ0n) is 11.4. The summed E-state index contributed by atoms with van der Waals surface area (Å²) in [5, 5.41) is 3.12. The average molecular weight is 254 g/mol. The van der Waals surface area contributed by atoms with Crippen LogP contribution in [-0.2, 0) is 9.53 Å². The van der Waals surface area contributed by atoms with Crippen LogP contribution in [0.1, 0.15) is 45.4 Å². The summed E-state index contributed by atoms with van der Waals surface area (Å²) < 4.78 is 5.57. The minimum atomic E-state index is 0.0474. The maximum Gasteiger partial charge on any atom is 0.225 e. The third kappa shape index (κ3) is 2.86. The molecule has 4 heteroatoms.